The van der Waals surface area contributed by atoms with Crippen molar-refractivity contribution in [3.63, 3.8) is 0 Å². The molecular formula is C15H21N3O2S. The van der Waals surface area contributed by atoms with Crippen molar-refractivity contribution in [1.82, 2.24) is 14.1 Å². The Morgan fingerprint density at radius 3 is 2.38 bits per heavy atom. The van der Waals surface area contributed by atoms with Gasteiger partial charge >= 0.3 is 0 Å². The maximum atomic E-state index is 12.5. The van der Waals surface area contributed by atoms with Gasteiger partial charge in [-0.3, -0.25) is 4.68 Å². The number of rotatable bonds is 6. The number of hydrogen-bond donors (Lipinski definition) is 0. The molecule has 0 atom stereocenters. The third-order valence-corrected chi connectivity index (χ3v) is 5.15. The lowest BCUT2D eigenvalue weighted by Crippen LogP contribution is -2.26. The van der Waals surface area contributed by atoms with Crippen molar-refractivity contribution in [2.75, 3.05) is 7.05 Å². The molecule has 0 N–H and O–H groups in total. The number of hydrogen-bond acceptors (Lipinski definition) is 3. The minimum Gasteiger partial charge on any atom is -0.275 e. The van der Waals surface area contributed by atoms with E-state index >= 15 is 0 Å². The predicted molar refractivity (Wildman–Crippen MR) is 82.3 cm³/mol. The number of aromatic nitrogens is 2. The van der Waals surface area contributed by atoms with E-state index in [1.54, 1.807) is 30.1 Å². The van der Waals surface area contributed by atoms with Gasteiger partial charge in [0.1, 0.15) is 0 Å². The third kappa shape index (κ3) is 3.71. The molecule has 0 fully saturated rings. The standard InChI is InChI=1S/C15H21N3O2S/c1-4-5-13-6-8-15(9-7-13)21(19,20)18(3)12-14-10-16-17(2)11-14/h6-11H,4-5,12H2,1-3H3. The Morgan fingerprint density at radius 1 is 1.19 bits per heavy atom. The van der Waals surface area contributed by atoms with Crippen LogP contribution >= 0.6 is 0 Å². The Kier molecular flexibility index (Phi) is 4.80. The van der Waals surface area contributed by atoms with Crippen molar-refractivity contribution in [2.24, 2.45) is 7.05 Å². The van der Waals surface area contributed by atoms with E-state index < -0.39 is 10.0 Å². The number of aryl methyl sites for hydroxylation is 2. The van der Waals surface area contributed by atoms with E-state index in [0.717, 1.165) is 24.0 Å². The van der Waals surface area contributed by atoms with Crippen LogP contribution in [0.3, 0.4) is 0 Å². The summed E-state index contributed by atoms with van der Waals surface area (Å²) in [5, 5.41) is 4.05. The lowest BCUT2D eigenvalue weighted by atomic mass is 10.1. The summed E-state index contributed by atoms with van der Waals surface area (Å²) in [7, 11) is -0.0677. The molecule has 0 aliphatic carbocycles. The minimum atomic E-state index is -3.46. The quantitative estimate of drug-likeness (QED) is 0.822. The van der Waals surface area contributed by atoms with Crippen LogP contribution in [0.1, 0.15) is 24.5 Å². The highest BCUT2D eigenvalue weighted by atomic mass is 32.2. The van der Waals surface area contributed by atoms with E-state index in [4.69, 9.17) is 0 Å². The van der Waals surface area contributed by atoms with Gasteiger partial charge < -0.3 is 0 Å². The van der Waals surface area contributed by atoms with E-state index in [-0.39, 0.29) is 0 Å². The molecule has 1 aromatic carbocycles. The first-order valence-electron chi connectivity index (χ1n) is 6.96. The van der Waals surface area contributed by atoms with Gasteiger partial charge in [0.25, 0.3) is 0 Å². The monoisotopic (exact) mass is 307 g/mol. The molecule has 0 radical (unpaired) electrons. The van der Waals surface area contributed by atoms with Crippen LogP contribution < -0.4 is 0 Å². The first kappa shape index (κ1) is 15.7. The molecule has 114 valence electrons. The average Bonchev–Trinajstić information content (AvgIpc) is 2.85. The highest BCUT2D eigenvalue weighted by molar-refractivity contribution is 7.89. The number of benzene rings is 1. The van der Waals surface area contributed by atoms with Crippen molar-refractivity contribution in [3.8, 4) is 0 Å². The molecule has 0 saturated carbocycles. The van der Waals surface area contributed by atoms with Crippen molar-refractivity contribution in [1.29, 1.82) is 0 Å². The second-order valence-corrected chi connectivity index (χ2v) is 7.22. The Morgan fingerprint density at radius 2 is 1.86 bits per heavy atom. The van der Waals surface area contributed by atoms with E-state index in [1.165, 1.54) is 4.31 Å². The molecule has 0 bridgehead atoms. The zero-order valence-corrected chi connectivity index (χ0v) is 13.5. The second-order valence-electron chi connectivity index (χ2n) is 5.18. The molecule has 1 aromatic heterocycles. The Labute approximate surface area is 126 Å². The summed E-state index contributed by atoms with van der Waals surface area (Å²) in [5.41, 5.74) is 2.03. The van der Waals surface area contributed by atoms with Gasteiger partial charge in [0.05, 0.1) is 11.1 Å². The van der Waals surface area contributed by atoms with Crippen LogP contribution in [0.15, 0.2) is 41.6 Å². The van der Waals surface area contributed by atoms with Crippen LogP contribution in [0.4, 0.5) is 0 Å². The molecule has 0 aliphatic heterocycles. The maximum absolute atomic E-state index is 12.5. The first-order chi connectivity index (χ1) is 9.93. The van der Waals surface area contributed by atoms with Crippen molar-refractivity contribution in [3.05, 3.63) is 47.8 Å². The maximum Gasteiger partial charge on any atom is 0.243 e. The van der Waals surface area contributed by atoms with Gasteiger partial charge in [-0.25, -0.2) is 8.42 Å². The SMILES string of the molecule is CCCc1ccc(S(=O)(=O)N(C)Cc2cnn(C)c2)cc1. The topological polar surface area (TPSA) is 55.2 Å². The zero-order chi connectivity index (χ0) is 15.5. The van der Waals surface area contributed by atoms with Gasteiger partial charge in [-0.05, 0) is 24.1 Å². The molecule has 5 nitrogen and oxygen atoms in total. The van der Waals surface area contributed by atoms with Crippen molar-refractivity contribution < 1.29 is 8.42 Å². The second kappa shape index (κ2) is 6.41. The molecule has 0 aliphatic rings. The summed E-state index contributed by atoms with van der Waals surface area (Å²) in [6.45, 7) is 2.42. The van der Waals surface area contributed by atoms with Crippen LogP contribution in [0, 0.1) is 0 Å². The van der Waals surface area contributed by atoms with Crippen LogP contribution in [0.2, 0.25) is 0 Å². The Hall–Kier alpha value is -1.66. The highest BCUT2D eigenvalue weighted by Gasteiger charge is 2.21. The van der Waals surface area contributed by atoms with Crippen LogP contribution in [0.25, 0.3) is 0 Å². The minimum absolute atomic E-state index is 0.312. The molecule has 1 heterocycles. The summed E-state index contributed by atoms with van der Waals surface area (Å²) in [6.07, 6.45) is 5.51. The largest absolute Gasteiger partial charge is 0.275 e. The molecule has 0 amide bonds. The smallest absolute Gasteiger partial charge is 0.243 e. The average molecular weight is 307 g/mol. The van der Waals surface area contributed by atoms with Gasteiger partial charge in [0, 0.05) is 32.4 Å². The molecule has 0 spiro atoms. The van der Waals surface area contributed by atoms with Crippen LogP contribution in [-0.4, -0.2) is 29.6 Å². The molecular weight excluding hydrogens is 286 g/mol. The molecule has 6 heteroatoms. The van der Waals surface area contributed by atoms with Crippen molar-refractivity contribution in [2.45, 2.75) is 31.2 Å². The third-order valence-electron chi connectivity index (χ3n) is 3.33. The summed E-state index contributed by atoms with van der Waals surface area (Å²) >= 11 is 0. The lowest BCUT2D eigenvalue weighted by Gasteiger charge is -2.16. The van der Waals surface area contributed by atoms with E-state index in [2.05, 4.69) is 12.0 Å². The van der Waals surface area contributed by atoms with Gasteiger partial charge in [-0.15, -0.1) is 0 Å². The molecule has 21 heavy (non-hydrogen) atoms. The summed E-state index contributed by atoms with van der Waals surface area (Å²) in [6, 6.07) is 7.13. The lowest BCUT2D eigenvalue weighted by molar-refractivity contribution is 0.466. The fraction of sp³-hybridized carbons (Fsp3) is 0.400. The number of nitrogens with zero attached hydrogens (tertiary/aromatic N) is 3. The highest BCUT2D eigenvalue weighted by Crippen LogP contribution is 2.17. The summed E-state index contributed by atoms with van der Waals surface area (Å²) in [4.78, 5) is 0.328. The zero-order valence-electron chi connectivity index (χ0n) is 12.7. The van der Waals surface area contributed by atoms with Gasteiger partial charge in [0.15, 0.2) is 0 Å². The van der Waals surface area contributed by atoms with E-state index in [9.17, 15) is 8.42 Å². The Balaban J connectivity index is 2.16. The van der Waals surface area contributed by atoms with Crippen LogP contribution in [0.5, 0.6) is 0 Å². The molecule has 2 aromatic rings. The summed E-state index contributed by atoms with van der Waals surface area (Å²) in [5.74, 6) is 0. The summed E-state index contributed by atoms with van der Waals surface area (Å²) < 4.78 is 28.0. The van der Waals surface area contributed by atoms with Gasteiger partial charge in [-0.1, -0.05) is 25.5 Å². The van der Waals surface area contributed by atoms with E-state index in [1.807, 2.05) is 25.4 Å². The molecule has 0 unspecified atom stereocenters. The van der Waals surface area contributed by atoms with Crippen molar-refractivity contribution >= 4 is 10.0 Å². The fourth-order valence-electron chi connectivity index (χ4n) is 2.19. The van der Waals surface area contributed by atoms with Gasteiger partial charge in [-0.2, -0.15) is 9.40 Å². The molecule has 0 saturated heterocycles. The fourth-order valence-corrected chi connectivity index (χ4v) is 3.35. The molecule has 2 rings (SSSR count). The van der Waals surface area contributed by atoms with Gasteiger partial charge in [0.2, 0.25) is 10.0 Å². The Bertz CT molecular complexity index is 690. The predicted octanol–water partition coefficient (Wildman–Crippen LogP) is 2.19. The first-order valence-corrected chi connectivity index (χ1v) is 8.40. The number of sulfonamides is 1. The van der Waals surface area contributed by atoms with Crippen LogP contribution in [-0.2, 0) is 30.0 Å². The normalized spacial score (nSPS) is 12.0. The van der Waals surface area contributed by atoms with E-state index in [0.29, 0.717) is 11.4 Å².